The van der Waals surface area contributed by atoms with Crippen LogP contribution in [-0.2, 0) is 11.2 Å². The molecule has 1 fully saturated rings. The van der Waals surface area contributed by atoms with E-state index >= 15 is 0 Å². The van der Waals surface area contributed by atoms with Crippen LogP contribution < -0.4 is 5.73 Å². The number of hydrogen-bond acceptors (Lipinski definition) is 4. The lowest BCUT2D eigenvalue weighted by molar-refractivity contribution is -0.0187. The van der Waals surface area contributed by atoms with Crippen molar-refractivity contribution in [2.24, 2.45) is 5.73 Å². The SMILES string of the molecule is CC(C)(C(N)Cc1ccccn1)N1CCOCC1. The third-order valence-corrected chi connectivity index (χ3v) is 3.89. The predicted octanol–water partition coefficient (Wildman–Crippen LogP) is 1.06. The van der Waals surface area contributed by atoms with E-state index in [0.717, 1.165) is 38.4 Å². The minimum Gasteiger partial charge on any atom is -0.379 e. The van der Waals surface area contributed by atoms with Crippen molar-refractivity contribution >= 4 is 0 Å². The third kappa shape index (κ3) is 3.07. The van der Waals surface area contributed by atoms with Gasteiger partial charge in [-0.3, -0.25) is 9.88 Å². The van der Waals surface area contributed by atoms with Crippen molar-refractivity contribution in [2.45, 2.75) is 31.8 Å². The molecule has 1 atom stereocenters. The van der Waals surface area contributed by atoms with Gasteiger partial charge in [-0.05, 0) is 26.0 Å². The molecule has 1 aromatic rings. The highest BCUT2D eigenvalue weighted by Gasteiger charge is 2.34. The second-order valence-electron chi connectivity index (χ2n) is 5.38. The Hall–Kier alpha value is -0.970. The van der Waals surface area contributed by atoms with Gasteiger partial charge >= 0.3 is 0 Å². The van der Waals surface area contributed by atoms with E-state index in [-0.39, 0.29) is 11.6 Å². The maximum absolute atomic E-state index is 6.39. The summed E-state index contributed by atoms with van der Waals surface area (Å²) in [6.45, 7) is 7.96. The number of nitrogens with two attached hydrogens (primary N) is 1. The standard InChI is InChI=1S/C14H23N3O/c1-14(2,17-7-9-18-10-8-17)13(15)11-12-5-3-4-6-16-12/h3-6,13H,7-11,15H2,1-2H3. The van der Waals surface area contributed by atoms with E-state index in [4.69, 9.17) is 10.5 Å². The van der Waals surface area contributed by atoms with Crippen LogP contribution in [0.15, 0.2) is 24.4 Å². The van der Waals surface area contributed by atoms with Gasteiger partial charge in [0.1, 0.15) is 0 Å². The first-order valence-electron chi connectivity index (χ1n) is 6.59. The molecule has 1 aliphatic heterocycles. The van der Waals surface area contributed by atoms with Gasteiger partial charge in [-0.1, -0.05) is 6.07 Å². The van der Waals surface area contributed by atoms with Crippen molar-refractivity contribution in [3.05, 3.63) is 30.1 Å². The van der Waals surface area contributed by atoms with Crippen LogP contribution in [-0.4, -0.2) is 47.8 Å². The van der Waals surface area contributed by atoms with Crippen LogP contribution >= 0.6 is 0 Å². The van der Waals surface area contributed by atoms with Gasteiger partial charge in [0.15, 0.2) is 0 Å². The van der Waals surface area contributed by atoms with Crippen molar-refractivity contribution in [1.82, 2.24) is 9.88 Å². The summed E-state index contributed by atoms with van der Waals surface area (Å²) in [5.41, 5.74) is 7.43. The molecule has 1 aromatic heterocycles. The second-order valence-corrected chi connectivity index (χ2v) is 5.38. The van der Waals surface area contributed by atoms with Crippen molar-refractivity contribution in [2.75, 3.05) is 26.3 Å². The zero-order chi connectivity index (χ0) is 13.0. The smallest absolute Gasteiger partial charge is 0.0594 e. The van der Waals surface area contributed by atoms with E-state index in [1.54, 1.807) is 0 Å². The maximum Gasteiger partial charge on any atom is 0.0594 e. The summed E-state index contributed by atoms with van der Waals surface area (Å²) in [6.07, 6.45) is 2.63. The lowest BCUT2D eigenvalue weighted by Crippen LogP contribution is -2.59. The molecule has 2 heterocycles. The Balaban J connectivity index is 2.00. The van der Waals surface area contributed by atoms with Crippen LogP contribution in [0, 0.1) is 0 Å². The molecule has 0 radical (unpaired) electrons. The van der Waals surface area contributed by atoms with Crippen LogP contribution in [0.2, 0.25) is 0 Å². The summed E-state index contributed by atoms with van der Waals surface area (Å²) < 4.78 is 5.40. The molecule has 0 bridgehead atoms. The molecule has 2 rings (SSSR count). The Morgan fingerprint density at radius 1 is 1.39 bits per heavy atom. The molecular formula is C14H23N3O. The highest BCUT2D eigenvalue weighted by atomic mass is 16.5. The minimum atomic E-state index is -0.0265. The summed E-state index contributed by atoms with van der Waals surface area (Å²) in [4.78, 5) is 6.77. The molecule has 1 unspecified atom stereocenters. The molecule has 0 spiro atoms. The lowest BCUT2D eigenvalue weighted by atomic mass is 9.89. The number of hydrogen-bond donors (Lipinski definition) is 1. The monoisotopic (exact) mass is 249 g/mol. The average molecular weight is 249 g/mol. The summed E-state index contributed by atoms with van der Waals surface area (Å²) in [5, 5.41) is 0. The van der Waals surface area contributed by atoms with Crippen molar-refractivity contribution in [3.63, 3.8) is 0 Å². The van der Waals surface area contributed by atoms with Gasteiger partial charge in [0.2, 0.25) is 0 Å². The van der Waals surface area contributed by atoms with E-state index < -0.39 is 0 Å². The normalized spacial score (nSPS) is 19.7. The van der Waals surface area contributed by atoms with E-state index in [1.165, 1.54) is 0 Å². The van der Waals surface area contributed by atoms with E-state index in [0.29, 0.717) is 0 Å². The Kier molecular flexibility index (Phi) is 4.32. The van der Waals surface area contributed by atoms with Crippen LogP contribution in [0.4, 0.5) is 0 Å². The first-order valence-corrected chi connectivity index (χ1v) is 6.59. The number of pyridine rings is 1. The van der Waals surface area contributed by atoms with Crippen molar-refractivity contribution < 1.29 is 4.74 Å². The van der Waals surface area contributed by atoms with Crippen LogP contribution in [0.5, 0.6) is 0 Å². The van der Waals surface area contributed by atoms with Crippen LogP contribution in [0.3, 0.4) is 0 Å². The molecule has 0 saturated carbocycles. The molecule has 4 nitrogen and oxygen atoms in total. The van der Waals surface area contributed by atoms with Gasteiger partial charge in [0.25, 0.3) is 0 Å². The summed E-state index contributed by atoms with van der Waals surface area (Å²) in [7, 11) is 0. The largest absolute Gasteiger partial charge is 0.379 e. The second kappa shape index (κ2) is 5.78. The fourth-order valence-corrected chi connectivity index (χ4v) is 2.37. The molecule has 1 aliphatic rings. The van der Waals surface area contributed by atoms with Crippen molar-refractivity contribution in [3.8, 4) is 0 Å². The summed E-state index contributed by atoms with van der Waals surface area (Å²) in [6, 6.07) is 6.05. The lowest BCUT2D eigenvalue weighted by Gasteiger charge is -2.44. The van der Waals surface area contributed by atoms with Gasteiger partial charge in [-0.15, -0.1) is 0 Å². The van der Waals surface area contributed by atoms with Crippen molar-refractivity contribution in [1.29, 1.82) is 0 Å². The maximum atomic E-state index is 6.39. The first-order chi connectivity index (χ1) is 8.60. The number of morpholine rings is 1. The Morgan fingerprint density at radius 2 is 2.11 bits per heavy atom. The van der Waals surface area contributed by atoms with Gasteiger partial charge in [-0.2, -0.15) is 0 Å². The minimum absolute atomic E-state index is 0.0265. The first kappa shape index (κ1) is 13.5. The highest BCUT2D eigenvalue weighted by molar-refractivity contribution is 5.08. The molecular weight excluding hydrogens is 226 g/mol. The Labute approximate surface area is 109 Å². The number of nitrogens with zero attached hydrogens (tertiary/aromatic N) is 2. The average Bonchev–Trinajstić information content (AvgIpc) is 2.41. The van der Waals surface area contributed by atoms with Crippen LogP contribution in [0.25, 0.3) is 0 Å². The molecule has 1 saturated heterocycles. The fraction of sp³-hybridized carbons (Fsp3) is 0.643. The van der Waals surface area contributed by atoms with Crippen LogP contribution in [0.1, 0.15) is 19.5 Å². The summed E-state index contributed by atoms with van der Waals surface area (Å²) >= 11 is 0. The zero-order valence-corrected chi connectivity index (χ0v) is 11.3. The number of rotatable bonds is 4. The number of ether oxygens (including phenoxy) is 1. The third-order valence-electron chi connectivity index (χ3n) is 3.89. The molecule has 0 amide bonds. The van der Waals surface area contributed by atoms with Gasteiger partial charge in [0.05, 0.1) is 13.2 Å². The molecule has 4 heteroatoms. The highest BCUT2D eigenvalue weighted by Crippen LogP contribution is 2.21. The quantitative estimate of drug-likeness (QED) is 0.867. The molecule has 100 valence electrons. The van der Waals surface area contributed by atoms with E-state index in [2.05, 4.69) is 23.7 Å². The Morgan fingerprint density at radius 3 is 2.72 bits per heavy atom. The van der Waals surface area contributed by atoms with Gasteiger partial charge in [0, 0.05) is 43.0 Å². The van der Waals surface area contributed by atoms with E-state index in [1.807, 2.05) is 24.4 Å². The molecule has 0 aromatic carbocycles. The fourth-order valence-electron chi connectivity index (χ4n) is 2.37. The Bertz CT molecular complexity index is 361. The summed E-state index contributed by atoms with van der Waals surface area (Å²) in [5.74, 6) is 0. The van der Waals surface area contributed by atoms with Gasteiger partial charge in [-0.25, -0.2) is 0 Å². The van der Waals surface area contributed by atoms with E-state index in [9.17, 15) is 0 Å². The van der Waals surface area contributed by atoms with Gasteiger partial charge < -0.3 is 10.5 Å². The number of aromatic nitrogens is 1. The topological polar surface area (TPSA) is 51.4 Å². The zero-order valence-electron chi connectivity index (χ0n) is 11.3. The molecule has 2 N–H and O–H groups in total. The molecule has 18 heavy (non-hydrogen) atoms. The predicted molar refractivity (Wildman–Crippen MR) is 72.4 cm³/mol. The molecule has 0 aliphatic carbocycles.